The summed E-state index contributed by atoms with van der Waals surface area (Å²) in [5.74, 6) is 2.17. The molecule has 6 nitrogen and oxygen atoms in total. The van der Waals surface area contributed by atoms with Crippen molar-refractivity contribution in [1.29, 1.82) is 0 Å². The van der Waals surface area contributed by atoms with E-state index in [2.05, 4.69) is 22.4 Å². The largest absolute Gasteiger partial charge is 0.494 e. The predicted molar refractivity (Wildman–Crippen MR) is 80.9 cm³/mol. The number of aromatic nitrogens is 4. The highest BCUT2D eigenvalue weighted by Gasteiger charge is 2.28. The van der Waals surface area contributed by atoms with Crippen LogP contribution in [0.4, 0.5) is 5.69 Å². The van der Waals surface area contributed by atoms with Crippen molar-refractivity contribution in [2.45, 2.75) is 39.2 Å². The highest BCUT2D eigenvalue weighted by Crippen LogP contribution is 2.37. The highest BCUT2D eigenvalue weighted by molar-refractivity contribution is 5.64. The average Bonchev–Trinajstić information content (AvgIpc) is 2.85. The molecule has 1 aromatic heterocycles. The van der Waals surface area contributed by atoms with E-state index in [0.717, 1.165) is 17.1 Å². The van der Waals surface area contributed by atoms with Crippen molar-refractivity contribution in [3.8, 4) is 17.1 Å². The van der Waals surface area contributed by atoms with Crippen LogP contribution in [0.2, 0.25) is 0 Å². The lowest BCUT2D eigenvalue weighted by atomic mass is 9.80. The van der Waals surface area contributed by atoms with Gasteiger partial charge in [-0.15, -0.1) is 5.10 Å². The number of nitrogens with zero attached hydrogens (tertiary/aromatic N) is 4. The van der Waals surface area contributed by atoms with Gasteiger partial charge < -0.3 is 10.5 Å². The van der Waals surface area contributed by atoms with Gasteiger partial charge in [-0.25, -0.2) is 4.68 Å². The third-order valence-corrected chi connectivity index (χ3v) is 4.21. The minimum Gasteiger partial charge on any atom is -0.494 e. The average molecular weight is 287 g/mol. The first kappa shape index (κ1) is 13.9. The van der Waals surface area contributed by atoms with Crippen molar-refractivity contribution < 1.29 is 4.74 Å². The number of nitrogens with two attached hydrogens (primary N) is 1. The normalized spacial score (nSPS) is 16.5. The molecule has 2 aromatic rings. The second kappa shape index (κ2) is 5.71. The molecule has 1 aliphatic rings. The molecule has 112 valence electrons. The molecule has 1 aromatic carbocycles. The Morgan fingerprint density at radius 2 is 2.19 bits per heavy atom. The summed E-state index contributed by atoms with van der Waals surface area (Å²) in [5, 5.41) is 12.2. The van der Waals surface area contributed by atoms with E-state index >= 15 is 0 Å². The van der Waals surface area contributed by atoms with Gasteiger partial charge in [-0.3, -0.25) is 0 Å². The van der Waals surface area contributed by atoms with Crippen LogP contribution < -0.4 is 10.5 Å². The zero-order chi connectivity index (χ0) is 14.8. The lowest BCUT2D eigenvalue weighted by Gasteiger charge is -2.31. The van der Waals surface area contributed by atoms with Crippen LogP contribution in [0.15, 0.2) is 18.2 Å². The van der Waals surface area contributed by atoms with Crippen LogP contribution in [0.5, 0.6) is 5.75 Å². The van der Waals surface area contributed by atoms with E-state index < -0.39 is 0 Å². The molecule has 1 aliphatic carbocycles. The molecule has 0 aliphatic heterocycles. The van der Waals surface area contributed by atoms with E-state index in [1.165, 1.54) is 19.3 Å². The van der Waals surface area contributed by atoms with Crippen molar-refractivity contribution >= 4 is 5.69 Å². The molecule has 6 heteroatoms. The maximum absolute atomic E-state index is 5.96. The summed E-state index contributed by atoms with van der Waals surface area (Å²) < 4.78 is 7.46. The number of ether oxygens (including phenoxy) is 1. The maximum Gasteiger partial charge on any atom is 0.182 e. The molecule has 1 fully saturated rings. The summed E-state index contributed by atoms with van der Waals surface area (Å²) in [4.78, 5) is 0. The lowest BCUT2D eigenvalue weighted by molar-refractivity contribution is 0.210. The number of nitrogen functional groups attached to an aromatic ring is 1. The van der Waals surface area contributed by atoms with Gasteiger partial charge in [0.2, 0.25) is 0 Å². The van der Waals surface area contributed by atoms with E-state index in [1.54, 1.807) is 0 Å². The standard InChI is InChI=1S/C15H21N5O/c1-3-21-14-8-12(7-13(16)9-14)15-17-18-19-20(15)10(2)11-5-4-6-11/h7-11H,3-6,16H2,1-2H3. The van der Waals surface area contributed by atoms with Crippen LogP contribution in [0.25, 0.3) is 11.4 Å². The minimum atomic E-state index is 0.306. The zero-order valence-corrected chi connectivity index (χ0v) is 12.5. The fourth-order valence-electron chi connectivity index (χ4n) is 2.78. The molecule has 2 N–H and O–H groups in total. The summed E-state index contributed by atoms with van der Waals surface area (Å²) in [7, 11) is 0. The maximum atomic E-state index is 5.96. The van der Waals surface area contributed by atoms with Crippen LogP contribution >= 0.6 is 0 Å². The number of benzene rings is 1. The molecule has 1 heterocycles. The van der Waals surface area contributed by atoms with Gasteiger partial charge in [0.25, 0.3) is 0 Å². The van der Waals surface area contributed by atoms with E-state index in [1.807, 2.05) is 29.8 Å². The molecule has 1 unspecified atom stereocenters. The summed E-state index contributed by atoms with van der Waals surface area (Å²) in [6.07, 6.45) is 3.81. The molecule has 3 rings (SSSR count). The third kappa shape index (κ3) is 2.70. The highest BCUT2D eigenvalue weighted by atomic mass is 16.5. The first-order valence-corrected chi connectivity index (χ1v) is 7.50. The van der Waals surface area contributed by atoms with Crippen molar-refractivity contribution in [3.05, 3.63) is 18.2 Å². The second-order valence-electron chi connectivity index (χ2n) is 5.60. The Labute approximate surface area is 124 Å². The van der Waals surface area contributed by atoms with Gasteiger partial charge in [0.05, 0.1) is 12.6 Å². The molecule has 21 heavy (non-hydrogen) atoms. The quantitative estimate of drug-likeness (QED) is 0.855. The molecular formula is C15H21N5O. The van der Waals surface area contributed by atoms with E-state index in [4.69, 9.17) is 10.5 Å². The smallest absolute Gasteiger partial charge is 0.182 e. The summed E-state index contributed by atoms with van der Waals surface area (Å²) in [6, 6.07) is 5.95. The summed E-state index contributed by atoms with van der Waals surface area (Å²) in [5.41, 5.74) is 7.51. The molecule has 0 spiro atoms. The summed E-state index contributed by atoms with van der Waals surface area (Å²) in [6.45, 7) is 4.73. The fourth-order valence-corrected chi connectivity index (χ4v) is 2.78. The van der Waals surface area contributed by atoms with Crippen molar-refractivity contribution in [2.75, 3.05) is 12.3 Å². The number of anilines is 1. The Kier molecular flexibility index (Phi) is 3.77. The molecule has 0 amide bonds. The van der Waals surface area contributed by atoms with Crippen molar-refractivity contribution in [1.82, 2.24) is 20.2 Å². The SMILES string of the molecule is CCOc1cc(N)cc(-c2nnnn2C(C)C2CCC2)c1. The number of hydrogen-bond donors (Lipinski definition) is 1. The Balaban J connectivity index is 1.95. The predicted octanol–water partition coefficient (Wildman–Crippen LogP) is 2.68. The van der Waals surface area contributed by atoms with Crippen molar-refractivity contribution in [3.63, 3.8) is 0 Å². The van der Waals surface area contributed by atoms with Crippen LogP contribution in [0.3, 0.4) is 0 Å². The minimum absolute atomic E-state index is 0.306. The van der Waals surface area contributed by atoms with Crippen LogP contribution in [0.1, 0.15) is 39.2 Å². The second-order valence-corrected chi connectivity index (χ2v) is 5.60. The van der Waals surface area contributed by atoms with Gasteiger partial charge in [-0.1, -0.05) is 6.42 Å². The van der Waals surface area contributed by atoms with Gasteiger partial charge in [0, 0.05) is 17.3 Å². The number of rotatable bonds is 5. The third-order valence-electron chi connectivity index (χ3n) is 4.21. The van der Waals surface area contributed by atoms with Gasteiger partial charge >= 0.3 is 0 Å². The van der Waals surface area contributed by atoms with Crippen LogP contribution in [-0.2, 0) is 0 Å². The monoisotopic (exact) mass is 287 g/mol. The first-order valence-electron chi connectivity index (χ1n) is 7.50. The van der Waals surface area contributed by atoms with E-state index in [0.29, 0.717) is 24.3 Å². The molecule has 0 radical (unpaired) electrons. The number of tetrazole rings is 1. The molecular weight excluding hydrogens is 266 g/mol. The Morgan fingerprint density at radius 1 is 1.38 bits per heavy atom. The zero-order valence-electron chi connectivity index (χ0n) is 12.5. The van der Waals surface area contributed by atoms with E-state index in [9.17, 15) is 0 Å². The molecule has 0 bridgehead atoms. The molecule has 0 saturated heterocycles. The van der Waals surface area contributed by atoms with Crippen molar-refractivity contribution in [2.24, 2.45) is 5.92 Å². The van der Waals surface area contributed by atoms with E-state index in [-0.39, 0.29) is 0 Å². The fraction of sp³-hybridized carbons (Fsp3) is 0.533. The van der Waals surface area contributed by atoms with Crippen LogP contribution in [0, 0.1) is 5.92 Å². The number of hydrogen-bond acceptors (Lipinski definition) is 5. The Morgan fingerprint density at radius 3 is 2.86 bits per heavy atom. The van der Waals surface area contributed by atoms with Gasteiger partial charge in [-0.05, 0) is 55.2 Å². The Bertz CT molecular complexity index is 620. The van der Waals surface area contributed by atoms with Gasteiger partial charge in [0.1, 0.15) is 5.75 Å². The Hall–Kier alpha value is -2.11. The molecule has 1 saturated carbocycles. The lowest BCUT2D eigenvalue weighted by Crippen LogP contribution is -2.24. The molecule has 1 atom stereocenters. The van der Waals surface area contributed by atoms with Crippen LogP contribution in [-0.4, -0.2) is 26.8 Å². The van der Waals surface area contributed by atoms with Gasteiger partial charge in [-0.2, -0.15) is 0 Å². The topological polar surface area (TPSA) is 78.8 Å². The summed E-state index contributed by atoms with van der Waals surface area (Å²) >= 11 is 0. The first-order chi connectivity index (χ1) is 10.2. The van der Waals surface area contributed by atoms with Gasteiger partial charge in [0.15, 0.2) is 5.82 Å².